The number of rotatable bonds is 16. The van der Waals surface area contributed by atoms with Crippen LogP contribution in [0.2, 0.25) is 0 Å². The fourth-order valence-electron chi connectivity index (χ4n) is 7.35. The van der Waals surface area contributed by atoms with E-state index in [1.807, 2.05) is 41.5 Å². The second-order valence-electron chi connectivity index (χ2n) is 13.7. The van der Waals surface area contributed by atoms with Crippen molar-refractivity contribution in [2.24, 2.45) is 0 Å². The number of hydrogen-bond donors (Lipinski definition) is 0. The average Bonchev–Trinajstić information content (AvgIpc) is 3.77. The van der Waals surface area contributed by atoms with Gasteiger partial charge in [-0.3, -0.25) is 0 Å². The second kappa shape index (κ2) is 17.0. The highest BCUT2D eigenvalue weighted by molar-refractivity contribution is 5.95. The lowest BCUT2D eigenvalue weighted by Gasteiger charge is -2.22. The fourth-order valence-corrected chi connectivity index (χ4v) is 7.35. The zero-order chi connectivity index (χ0) is 38.4. The molecule has 0 aromatic heterocycles. The molecule has 0 saturated heterocycles. The molecule has 10 heteroatoms. The number of esters is 4. The van der Waals surface area contributed by atoms with Crippen LogP contribution in [-0.2, 0) is 19.1 Å². The van der Waals surface area contributed by atoms with Crippen LogP contribution in [0.4, 0.5) is 0 Å². The van der Waals surface area contributed by atoms with Crippen LogP contribution < -0.4 is 18.9 Å². The second-order valence-corrected chi connectivity index (χ2v) is 13.7. The lowest BCUT2D eigenvalue weighted by molar-refractivity contribution is -0.138. The first-order chi connectivity index (χ1) is 25.4. The predicted molar refractivity (Wildman–Crippen MR) is 200 cm³/mol. The smallest absolute Gasteiger partial charge is 0.343 e. The predicted octanol–water partition coefficient (Wildman–Crippen LogP) is 8.34. The molecule has 1 fully saturated rings. The molecule has 0 aliphatic heterocycles. The van der Waals surface area contributed by atoms with Gasteiger partial charge in [-0.05, 0) is 130 Å². The van der Waals surface area contributed by atoms with Gasteiger partial charge in [0.1, 0.15) is 23.0 Å². The van der Waals surface area contributed by atoms with E-state index in [1.165, 1.54) is 0 Å². The molecule has 0 amide bonds. The van der Waals surface area contributed by atoms with Gasteiger partial charge in [-0.15, -0.1) is 0 Å². The third kappa shape index (κ3) is 8.48. The molecule has 0 radical (unpaired) electrons. The minimum Gasteiger partial charge on any atom is -0.493 e. The Bertz CT molecular complexity index is 1820. The average molecular weight is 725 g/mol. The van der Waals surface area contributed by atoms with Gasteiger partial charge in [0.25, 0.3) is 0 Å². The van der Waals surface area contributed by atoms with Gasteiger partial charge in [-0.2, -0.15) is 0 Å². The summed E-state index contributed by atoms with van der Waals surface area (Å²) in [5, 5.41) is 0. The van der Waals surface area contributed by atoms with Gasteiger partial charge in [-0.1, -0.05) is 13.2 Å². The molecule has 10 nitrogen and oxygen atoms in total. The molecule has 0 heterocycles. The third-order valence-corrected chi connectivity index (χ3v) is 10.2. The molecule has 2 unspecified atom stereocenters. The van der Waals surface area contributed by atoms with Crippen LogP contribution in [0.25, 0.3) is 0 Å². The number of fused-ring (bicyclic) bond motifs is 5. The zero-order valence-electron chi connectivity index (χ0n) is 31.5. The van der Waals surface area contributed by atoms with Crippen molar-refractivity contribution in [2.45, 2.75) is 85.5 Å². The van der Waals surface area contributed by atoms with Gasteiger partial charge in [0.15, 0.2) is 0 Å². The molecule has 2 atom stereocenters. The first-order valence-electron chi connectivity index (χ1n) is 18.0. The highest BCUT2D eigenvalue weighted by Crippen LogP contribution is 2.59. The molecular weight excluding hydrogens is 676 g/mol. The van der Waals surface area contributed by atoms with Gasteiger partial charge in [-0.25, -0.2) is 19.2 Å². The Kier molecular flexibility index (Phi) is 12.4. The van der Waals surface area contributed by atoms with Crippen LogP contribution in [-0.4, -0.2) is 50.3 Å². The van der Waals surface area contributed by atoms with Gasteiger partial charge in [0, 0.05) is 36.1 Å². The Hall–Kier alpha value is -5.38. The summed E-state index contributed by atoms with van der Waals surface area (Å²) in [6, 6.07) is 7.03. The highest BCUT2D eigenvalue weighted by atomic mass is 16.5. The molecule has 1 saturated carbocycles. The fraction of sp³-hybridized carbons (Fsp3) is 0.395. The van der Waals surface area contributed by atoms with Crippen molar-refractivity contribution in [3.8, 4) is 23.0 Å². The molecule has 0 spiro atoms. The number of aryl methyl sites for hydroxylation is 2. The Morgan fingerprint density at radius 2 is 1.02 bits per heavy atom. The summed E-state index contributed by atoms with van der Waals surface area (Å²) < 4.78 is 34.3. The summed E-state index contributed by atoms with van der Waals surface area (Å²) in [5.41, 5.74) is 7.53. The first kappa shape index (κ1) is 38.8. The number of carbonyl (C=O) groups excluding carboxylic acids is 4. The van der Waals surface area contributed by atoms with Crippen molar-refractivity contribution >= 4 is 23.9 Å². The third-order valence-electron chi connectivity index (χ3n) is 10.2. The van der Waals surface area contributed by atoms with E-state index in [-0.39, 0.29) is 25.0 Å². The standard InChI is InChI=1S/C43H48O10/c1-9-36(44)48-17-11-19-50-40-24(3)21-32(26(5)28(40)7)42(46)52-34-15-16-35(39-31-14-13-30(23-31)38(34)39)53-43(47)33-22-25(4)41(29(8)27(33)6)51-20-12-18-49-37(45)10-2/h9-10,15-16,21-22,30-31H,1-2,11-14,17-20,23H2,3-8H3. The van der Waals surface area contributed by atoms with Crippen LogP contribution in [0.1, 0.15) is 109 Å². The molecule has 2 aliphatic rings. The van der Waals surface area contributed by atoms with Gasteiger partial charge in [0.05, 0.1) is 37.6 Å². The van der Waals surface area contributed by atoms with E-state index in [1.54, 1.807) is 24.3 Å². The van der Waals surface area contributed by atoms with Crippen molar-refractivity contribution in [1.82, 2.24) is 0 Å². The van der Waals surface area contributed by atoms with E-state index < -0.39 is 23.9 Å². The molecule has 280 valence electrons. The summed E-state index contributed by atoms with van der Waals surface area (Å²) in [4.78, 5) is 50.0. The number of benzene rings is 3. The van der Waals surface area contributed by atoms with Crippen LogP contribution in [0, 0.1) is 41.5 Å². The number of hydrogen-bond acceptors (Lipinski definition) is 10. The largest absolute Gasteiger partial charge is 0.493 e. The molecular formula is C43H48O10. The zero-order valence-corrected chi connectivity index (χ0v) is 31.5. The Morgan fingerprint density at radius 1 is 0.623 bits per heavy atom. The molecule has 53 heavy (non-hydrogen) atoms. The van der Waals surface area contributed by atoms with Crippen molar-refractivity contribution in [2.75, 3.05) is 26.4 Å². The van der Waals surface area contributed by atoms with Crippen LogP contribution in [0.3, 0.4) is 0 Å². The Labute approximate surface area is 311 Å². The molecule has 3 aromatic rings. The normalized spacial score (nSPS) is 15.3. The van der Waals surface area contributed by atoms with E-state index in [9.17, 15) is 19.2 Å². The summed E-state index contributed by atoms with van der Waals surface area (Å²) in [6.07, 6.45) is 6.15. The van der Waals surface area contributed by atoms with E-state index in [0.717, 1.165) is 75.9 Å². The van der Waals surface area contributed by atoms with Crippen molar-refractivity contribution in [1.29, 1.82) is 0 Å². The number of carbonyl (C=O) groups is 4. The van der Waals surface area contributed by atoms with Crippen LogP contribution in [0.5, 0.6) is 23.0 Å². The molecule has 0 N–H and O–H groups in total. The van der Waals surface area contributed by atoms with Crippen molar-refractivity contribution in [3.05, 3.63) is 105 Å². The highest BCUT2D eigenvalue weighted by Gasteiger charge is 2.42. The minimum atomic E-state index is -0.473. The number of ether oxygens (including phenoxy) is 6. The van der Waals surface area contributed by atoms with Gasteiger partial charge in [0.2, 0.25) is 0 Å². The molecule has 2 aliphatic carbocycles. The van der Waals surface area contributed by atoms with Gasteiger partial charge < -0.3 is 28.4 Å². The quantitative estimate of drug-likeness (QED) is 0.0617. The SMILES string of the molecule is C=CC(=O)OCCCOc1c(C)cc(C(=O)Oc2ccc(OC(=O)c3cc(C)c(OCCCOC(=O)C=C)c(C)c3C)c3c2C2CCC3C2)c(C)c1C. The lowest BCUT2D eigenvalue weighted by Crippen LogP contribution is -2.17. The maximum atomic E-state index is 13.7. The van der Waals surface area contributed by atoms with Crippen LogP contribution >= 0.6 is 0 Å². The van der Waals surface area contributed by atoms with Crippen molar-refractivity contribution in [3.63, 3.8) is 0 Å². The van der Waals surface area contributed by atoms with Gasteiger partial charge >= 0.3 is 23.9 Å². The first-order valence-corrected chi connectivity index (χ1v) is 18.0. The van der Waals surface area contributed by atoms with E-state index >= 15 is 0 Å². The summed E-state index contributed by atoms with van der Waals surface area (Å²) in [7, 11) is 0. The summed E-state index contributed by atoms with van der Waals surface area (Å²) >= 11 is 0. The Balaban J connectivity index is 1.30. The lowest BCUT2D eigenvalue weighted by atomic mass is 9.90. The minimum absolute atomic E-state index is 0.213. The topological polar surface area (TPSA) is 124 Å². The Morgan fingerprint density at radius 3 is 1.40 bits per heavy atom. The van der Waals surface area contributed by atoms with E-state index in [4.69, 9.17) is 28.4 Å². The summed E-state index contributed by atoms with van der Waals surface area (Å²) in [5.74, 6) is 0.902. The molecule has 2 bridgehead atoms. The van der Waals surface area contributed by atoms with Crippen molar-refractivity contribution < 1.29 is 47.6 Å². The van der Waals surface area contributed by atoms with E-state index in [2.05, 4.69) is 13.2 Å². The monoisotopic (exact) mass is 724 g/mol. The maximum absolute atomic E-state index is 13.7. The van der Waals surface area contributed by atoms with E-state index in [0.29, 0.717) is 60.2 Å². The summed E-state index contributed by atoms with van der Waals surface area (Å²) in [6.45, 7) is 19.2. The maximum Gasteiger partial charge on any atom is 0.343 e. The van der Waals surface area contributed by atoms with Crippen LogP contribution in [0.15, 0.2) is 49.6 Å². The molecule has 5 rings (SSSR count). The molecule has 3 aromatic carbocycles.